The lowest BCUT2D eigenvalue weighted by atomic mass is 10.2. The van der Waals surface area contributed by atoms with E-state index in [1.807, 2.05) is 24.3 Å². The average Bonchev–Trinajstić information content (AvgIpc) is 2.38. The van der Waals surface area contributed by atoms with Gasteiger partial charge in [-0.3, -0.25) is 4.79 Å². The van der Waals surface area contributed by atoms with Crippen LogP contribution in [0.15, 0.2) is 36.9 Å². The van der Waals surface area contributed by atoms with Crippen LogP contribution in [-0.2, 0) is 11.3 Å². The van der Waals surface area contributed by atoms with Crippen molar-refractivity contribution < 1.29 is 9.53 Å². The van der Waals surface area contributed by atoms with Crippen molar-refractivity contribution in [3.05, 3.63) is 42.5 Å². The molecule has 0 fully saturated rings. The van der Waals surface area contributed by atoms with Crippen LogP contribution in [0.25, 0.3) is 0 Å². The van der Waals surface area contributed by atoms with E-state index in [1.54, 1.807) is 18.1 Å². The third-order valence-corrected chi connectivity index (χ3v) is 2.83. The first-order valence-electron chi connectivity index (χ1n) is 5.28. The monoisotopic (exact) mass is 297 g/mol. The molecular weight excluding hydrogens is 282 g/mol. The maximum Gasteiger partial charge on any atom is 0.233 e. The van der Waals surface area contributed by atoms with E-state index in [-0.39, 0.29) is 5.91 Å². The number of benzene rings is 1. The molecule has 0 aromatic heterocycles. The lowest BCUT2D eigenvalue weighted by Crippen LogP contribution is -2.31. The van der Waals surface area contributed by atoms with Gasteiger partial charge in [0.2, 0.25) is 5.91 Å². The first-order chi connectivity index (χ1) is 8.21. The Kier molecular flexibility index (Phi) is 5.77. The number of ether oxygens (including phenoxy) is 1. The maximum absolute atomic E-state index is 11.6. The molecule has 0 aliphatic heterocycles. The van der Waals surface area contributed by atoms with Crippen molar-refractivity contribution in [3.8, 4) is 5.75 Å². The van der Waals surface area contributed by atoms with Crippen LogP contribution in [0.4, 0.5) is 0 Å². The molecule has 0 radical (unpaired) electrons. The van der Waals surface area contributed by atoms with Gasteiger partial charge < -0.3 is 9.64 Å². The molecule has 0 aliphatic rings. The lowest BCUT2D eigenvalue weighted by Gasteiger charge is -2.20. The summed E-state index contributed by atoms with van der Waals surface area (Å²) in [7, 11) is 1.63. The Hall–Kier alpha value is -1.29. The van der Waals surface area contributed by atoms with Gasteiger partial charge in [0, 0.05) is 13.1 Å². The Morgan fingerprint density at radius 2 is 2.12 bits per heavy atom. The van der Waals surface area contributed by atoms with Crippen LogP contribution in [0.3, 0.4) is 0 Å². The molecule has 1 rings (SSSR count). The highest BCUT2D eigenvalue weighted by molar-refractivity contribution is 9.09. The fourth-order valence-electron chi connectivity index (χ4n) is 1.45. The number of halogens is 1. The molecule has 0 aliphatic carbocycles. The molecule has 3 nitrogen and oxygen atoms in total. The fourth-order valence-corrected chi connectivity index (χ4v) is 1.80. The third-order valence-electron chi connectivity index (χ3n) is 2.35. The predicted molar refractivity (Wildman–Crippen MR) is 72.4 cm³/mol. The number of carbonyl (C=O) groups excluding carboxylic acids is 1. The minimum absolute atomic E-state index is 0.0562. The normalized spacial score (nSPS) is 9.76. The van der Waals surface area contributed by atoms with E-state index in [1.165, 1.54) is 0 Å². The van der Waals surface area contributed by atoms with Crippen molar-refractivity contribution in [1.82, 2.24) is 4.90 Å². The Morgan fingerprint density at radius 1 is 1.47 bits per heavy atom. The van der Waals surface area contributed by atoms with Crippen molar-refractivity contribution >= 4 is 21.8 Å². The zero-order valence-corrected chi connectivity index (χ0v) is 11.4. The Labute approximate surface area is 110 Å². The molecule has 0 bridgehead atoms. The quantitative estimate of drug-likeness (QED) is 0.597. The molecule has 1 aromatic carbocycles. The van der Waals surface area contributed by atoms with Gasteiger partial charge in [0.05, 0.1) is 12.4 Å². The van der Waals surface area contributed by atoms with Crippen molar-refractivity contribution in [2.75, 3.05) is 19.0 Å². The van der Waals surface area contributed by atoms with Crippen molar-refractivity contribution in [2.45, 2.75) is 6.54 Å². The Bertz CT molecular complexity index is 376. The van der Waals surface area contributed by atoms with Crippen LogP contribution < -0.4 is 4.74 Å². The molecule has 0 saturated heterocycles. The van der Waals surface area contributed by atoms with Crippen LogP contribution in [-0.4, -0.2) is 29.8 Å². The average molecular weight is 298 g/mol. The number of hydrogen-bond acceptors (Lipinski definition) is 2. The number of nitrogens with zero attached hydrogens (tertiary/aromatic N) is 1. The van der Waals surface area contributed by atoms with E-state index in [0.717, 1.165) is 11.3 Å². The van der Waals surface area contributed by atoms with Crippen molar-refractivity contribution in [3.63, 3.8) is 0 Å². The van der Waals surface area contributed by atoms with E-state index in [0.29, 0.717) is 18.4 Å². The van der Waals surface area contributed by atoms with Gasteiger partial charge in [-0.25, -0.2) is 0 Å². The molecule has 0 unspecified atom stereocenters. The van der Waals surface area contributed by atoms with E-state index >= 15 is 0 Å². The molecule has 17 heavy (non-hydrogen) atoms. The van der Waals surface area contributed by atoms with Gasteiger partial charge in [-0.05, 0) is 17.7 Å². The first kappa shape index (κ1) is 13.8. The largest absolute Gasteiger partial charge is 0.497 e. The second-order valence-corrected chi connectivity index (χ2v) is 4.11. The van der Waals surface area contributed by atoms with Gasteiger partial charge in [0.25, 0.3) is 0 Å². The minimum Gasteiger partial charge on any atom is -0.497 e. The number of amides is 1. The van der Waals surface area contributed by atoms with E-state index < -0.39 is 0 Å². The van der Waals surface area contributed by atoms with Crippen LogP contribution in [0, 0.1) is 0 Å². The van der Waals surface area contributed by atoms with Gasteiger partial charge in [-0.15, -0.1) is 6.58 Å². The number of methoxy groups -OCH3 is 1. The topological polar surface area (TPSA) is 29.5 Å². The highest BCUT2D eigenvalue weighted by atomic mass is 79.9. The van der Waals surface area contributed by atoms with Crippen molar-refractivity contribution in [1.29, 1.82) is 0 Å². The summed E-state index contributed by atoms with van der Waals surface area (Å²) < 4.78 is 5.09. The van der Waals surface area contributed by atoms with E-state index in [9.17, 15) is 4.79 Å². The first-order valence-corrected chi connectivity index (χ1v) is 6.41. The summed E-state index contributed by atoms with van der Waals surface area (Å²) in [4.78, 5) is 13.4. The molecule has 92 valence electrons. The van der Waals surface area contributed by atoms with Gasteiger partial charge in [0.15, 0.2) is 0 Å². The SMILES string of the molecule is C=CCN(Cc1ccc(OC)cc1)C(=O)CBr. The van der Waals surface area contributed by atoms with E-state index in [2.05, 4.69) is 22.5 Å². The summed E-state index contributed by atoms with van der Waals surface area (Å²) in [6.45, 7) is 4.79. The zero-order valence-electron chi connectivity index (χ0n) is 9.86. The maximum atomic E-state index is 11.6. The second-order valence-electron chi connectivity index (χ2n) is 3.54. The third kappa shape index (κ3) is 4.23. The highest BCUT2D eigenvalue weighted by Gasteiger charge is 2.10. The summed E-state index contributed by atoms with van der Waals surface area (Å²) in [5, 5.41) is 0.330. The molecule has 0 spiro atoms. The standard InChI is InChI=1S/C13H16BrNO2/c1-3-8-15(13(16)9-14)10-11-4-6-12(17-2)7-5-11/h3-7H,1,8-10H2,2H3. The smallest absolute Gasteiger partial charge is 0.233 e. The number of rotatable bonds is 6. The molecule has 1 amide bonds. The zero-order chi connectivity index (χ0) is 12.7. The molecule has 0 heterocycles. The molecule has 4 heteroatoms. The van der Waals surface area contributed by atoms with Gasteiger partial charge in [0.1, 0.15) is 5.75 Å². The second kappa shape index (κ2) is 7.12. The summed E-state index contributed by atoms with van der Waals surface area (Å²) in [5.41, 5.74) is 1.07. The van der Waals surface area contributed by atoms with Gasteiger partial charge >= 0.3 is 0 Å². The molecule has 1 aromatic rings. The van der Waals surface area contributed by atoms with Crippen molar-refractivity contribution in [2.24, 2.45) is 0 Å². The predicted octanol–water partition coefficient (Wildman–Crippen LogP) is 2.60. The molecule has 0 saturated carbocycles. The highest BCUT2D eigenvalue weighted by Crippen LogP contribution is 2.13. The van der Waals surface area contributed by atoms with E-state index in [4.69, 9.17) is 4.74 Å². The number of hydrogen-bond donors (Lipinski definition) is 0. The summed E-state index contributed by atoms with van der Waals surface area (Å²) >= 11 is 3.18. The van der Waals surface area contributed by atoms with Crippen LogP contribution in [0.5, 0.6) is 5.75 Å². The van der Waals surface area contributed by atoms with Gasteiger partial charge in [-0.1, -0.05) is 34.1 Å². The lowest BCUT2D eigenvalue weighted by molar-refractivity contribution is -0.128. The Morgan fingerprint density at radius 3 is 2.59 bits per heavy atom. The summed E-state index contributed by atoms with van der Waals surface area (Å²) in [6.07, 6.45) is 1.73. The van der Waals surface area contributed by atoms with Crippen LogP contribution in [0.2, 0.25) is 0 Å². The summed E-state index contributed by atoms with van der Waals surface area (Å²) in [6, 6.07) is 7.69. The molecule has 0 atom stereocenters. The number of carbonyl (C=O) groups is 1. The Balaban J connectivity index is 2.71. The summed E-state index contributed by atoms with van der Waals surface area (Å²) in [5.74, 6) is 0.872. The fraction of sp³-hybridized carbons (Fsp3) is 0.308. The van der Waals surface area contributed by atoms with Gasteiger partial charge in [-0.2, -0.15) is 0 Å². The molecular formula is C13H16BrNO2. The van der Waals surface area contributed by atoms with Crippen LogP contribution >= 0.6 is 15.9 Å². The minimum atomic E-state index is 0.0562. The molecule has 0 N–H and O–H groups in total. The van der Waals surface area contributed by atoms with Crippen LogP contribution in [0.1, 0.15) is 5.56 Å². The number of alkyl halides is 1.